The number of hydrogen-bond donors (Lipinski definition) is 1. The lowest BCUT2D eigenvalue weighted by molar-refractivity contribution is -0.145. The third-order valence-electron chi connectivity index (χ3n) is 5.73. The van der Waals surface area contributed by atoms with Gasteiger partial charge in [0.2, 0.25) is 0 Å². The Labute approximate surface area is 220 Å². The standard InChI is InChI=1S/C26H24Br2FN3O3/c1-31(15-17-14-19(29)8-11-24(17)35-21-9-6-18(27)7-10-21)26(34)25(33)30-20-12-13-32(16-20)23-5-3-2-4-22(23)28/h2-11,14,20H,12-13,15-16H2,1H3,(H,30,33). The molecule has 1 N–H and O–H groups in total. The molecule has 182 valence electrons. The van der Waals surface area contributed by atoms with Crippen LogP contribution in [0.25, 0.3) is 0 Å². The second kappa shape index (κ2) is 11.2. The zero-order valence-corrected chi connectivity index (χ0v) is 22.2. The summed E-state index contributed by atoms with van der Waals surface area (Å²) in [5.74, 6) is -0.842. The van der Waals surface area contributed by atoms with Crippen molar-refractivity contribution < 1.29 is 18.7 Å². The summed E-state index contributed by atoms with van der Waals surface area (Å²) >= 11 is 6.93. The van der Waals surface area contributed by atoms with Crippen LogP contribution in [0.15, 0.2) is 75.7 Å². The maximum Gasteiger partial charge on any atom is 0.311 e. The van der Waals surface area contributed by atoms with Crippen LogP contribution >= 0.6 is 31.9 Å². The zero-order valence-electron chi connectivity index (χ0n) is 19.0. The number of nitrogens with one attached hydrogen (secondary N) is 1. The van der Waals surface area contributed by atoms with E-state index < -0.39 is 17.6 Å². The summed E-state index contributed by atoms with van der Waals surface area (Å²) in [6.45, 7) is 1.40. The SMILES string of the molecule is CN(Cc1cc(F)ccc1Oc1ccc(Br)cc1)C(=O)C(=O)NC1CCN(c2ccccc2Br)C1. The molecule has 1 atom stereocenters. The van der Waals surface area contributed by atoms with E-state index in [1.807, 2.05) is 36.4 Å². The molecule has 6 nitrogen and oxygen atoms in total. The molecule has 0 saturated carbocycles. The number of anilines is 1. The van der Waals surface area contributed by atoms with E-state index in [1.165, 1.54) is 30.1 Å². The largest absolute Gasteiger partial charge is 0.457 e. The minimum absolute atomic E-state index is 0.0175. The third-order valence-corrected chi connectivity index (χ3v) is 6.93. The molecule has 2 amide bonds. The molecular formula is C26H24Br2FN3O3. The van der Waals surface area contributed by atoms with Crippen LogP contribution in [0, 0.1) is 5.82 Å². The van der Waals surface area contributed by atoms with Gasteiger partial charge in [0.15, 0.2) is 0 Å². The van der Waals surface area contributed by atoms with E-state index in [-0.39, 0.29) is 12.6 Å². The molecule has 9 heteroatoms. The van der Waals surface area contributed by atoms with Gasteiger partial charge in [0.25, 0.3) is 0 Å². The zero-order chi connectivity index (χ0) is 24.9. The third kappa shape index (κ3) is 6.41. The quantitative estimate of drug-likeness (QED) is 0.378. The molecule has 1 heterocycles. The number of benzene rings is 3. The van der Waals surface area contributed by atoms with Crippen LogP contribution in [0.4, 0.5) is 10.1 Å². The van der Waals surface area contributed by atoms with Gasteiger partial charge in [-0.15, -0.1) is 0 Å². The molecule has 1 fully saturated rings. The second-order valence-corrected chi connectivity index (χ2v) is 10.1. The van der Waals surface area contributed by atoms with Crippen molar-refractivity contribution in [2.45, 2.75) is 19.0 Å². The fraction of sp³-hybridized carbons (Fsp3) is 0.231. The number of carbonyl (C=O) groups is 2. The monoisotopic (exact) mass is 603 g/mol. The summed E-state index contributed by atoms with van der Waals surface area (Å²) in [6.07, 6.45) is 0.735. The Bertz CT molecular complexity index is 1220. The van der Waals surface area contributed by atoms with E-state index in [9.17, 15) is 14.0 Å². The summed E-state index contributed by atoms with van der Waals surface area (Å²) in [5.41, 5.74) is 1.51. The average Bonchev–Trinajstić information content (AvgIpc) is 3.30. The van der Waals surface area contributed by atoms with Gasteiger partial charge in [0.1, 0.15) is 17.3 Å². The maximum atomic E-state index is 14.0. The maximum absolute atomic E-state index is 14.0. The van der Waals surface area contributed by atoms with Crippen LogP contribution in [0.3, 0.4) is 0 Å². The number of nitrogens with zero attached hydrogens (tertiary/aromatic N) is 2. The van der Waals surface area contributed by atoms with Gasteiger partial charge in [-0.3, -0.25) is 9.59 Å². The first-order valence-electron chi connectivity index (χ1n) is 11.1. The van der Waals surface area contributed by atoms with Crippen molar-refractivity contribution in [3.05, 3.63) is 87.1 Å². The van der Waals surface area contributed by atoms with Crippen LogP contribution < -0.4 is 15.0 Å². The van der Waals surface area contributed by atoms with Gasteiger partial charge in [-0.2, -0.15) is 0 Å². The summed E-state index contributed by atoms with van der Waals surface area (Å²) in [6, 6.07) is 19.1. The molecule has 0 bridgehead atoms. The van der Waals surface area contributed by atoms with Crippen LogP contribution in [-0.2, 0) is 16.1 Å². The fourth-order valence-electron chi connectivity index (χ4n) is 3.95. The predicted octanol–water partition coefficient (Wildman–Crippen LogP) is 5.50. The van der Waals surface area contributed by atoms with E-state index >= 15 is 0 Å². The van der Waals surface area contributed by atoms with Gasteiger partial charge in [-0.25, -0.2) is 4.39 Å². The molecule has 0 aromatic heterocycles. The molecule has 1 aliphatic rings. The number of hydrogen-bond acceptors (Lipinski definition) is 4. The molecule has 1 aliphatic heterocycles. The summed E-state index contributed by atoms with van der Waals surface area (Å²) in [4.78, 5) is 28.9. The van der Waals surface area contributed by atoms with Crippen molar-refractivity contribution in [3.8, 4) is 11.5 Å². The first-order chi connectivity index (χ1) is 16.8. The molecule has 1 saturated heterocycles. The summed E-state index contributed by atoms with van der Waals surface area (Å²) in [5, 5.41) is 2.84. The van der Waals surface area contributed by atoms with Crippen LogP contribution in [0.5, 0.6) is 11.5 Å². The number of halogens is 3. The first-order valence-corrected chi connectivity index (χ1v) is 12.7. The van der Waals surface area contributed by atoms with E-state index in [1.54, 1.807) is 12.1 Å². The molecule has 4 rings (SSSR count). The fourth-order valence-corrected chi connectivity index (χ4v) is 4.75. The van der Waals surface area contributed by atoms with E-state index in [0.717, 1.165) is 27.6 Å². The van der Waals surface area contributed by atoms with Crippen molar-refractivity contribution in [3.63, 3.8) is 0 Å². The molecule has 3 aromatic rings. The Morgan fingerprint density at radius 2 is 1.86 bits per heavy atom. The Hall–Kier alpha value is -2.91. The normalized spacial score (nSPS) is 15.1. The van der Waals surface area contributed by atoms with E-state index in [0.29, 0.717) is 23.6 Å². The van der Waals surface area contributed by atoms with Gasteiger partial charge in [0.05, 0.1) is 5.69 Å². The second-order valence-electron chi connectivity index (χ2n) is 8.33. The lowest BCUT2D eigenvalue weighted by Gasteiger charge is -2.22. The highest BCUT2D eigenvalue weighted by Gasteiger charge is 2.28. The Morgan fingerprint density at radius 3 is 2.60 bits per heavy atom. The van der Waals surface area contributed by atoms with Crippen LogP contribution in [-0.4, -0.2) is 42.9 Å². The molecule has 3 aromatic carbocycles. The molecule has 0 aliphatic carbocycles. The smallest absolute Gasteiger partial charge is 0.311 e. The van der Waals surface area contributed by atoms with Gasteiger partial charge >= 0.3 is 11.8 Å². The predicted molar refractivity (Wildman–Crippen MR) is 140 cm³/mol. The number of likely N-dealkylation sites (N-methyl/N-ethyl adjacent to an activating group) is 1. The highest BCUT2D eigenvalue weighted by molar-refractivity contribution is 9.10. The number of para-hydroxylation sites is 1. The Morgan fingerprint density at radius 1 is 1.11 bits per heavy atom. The van der Waals surface area contributed by atoms with Crippen molar-refractivity contribution >= 4 is 49.4 Å². The number of carbonyl (C=O) groups excluding carboxylic acids is 2. The van der Waals surface area contributed by atoms with Gasteiger partial charge in [-0.1, -0.05) is 28.1 Å². The summed E-state index contributed by atoms with van der Waals surface area (Å²) in [7, 11) is 1.51. The van der Waals surface area contributed by atoms with Crippen LogP contribution in [0.2, 0.25) is 0 Å². The topological polar surface area (TPSA) is 61.9 Å². The van der Waals surface area contributed by atoms with Crippen LogP contribution in [0.1, 0.15) is 12.0 Å². The minimum Gasteiger partial charge on any atom is -0.457 e. The number of amides is 2. The van der Waals surface area contributed by atoms with Crippen molar-refractivity contribution in [1.29, 1.82) is 0 Å². The number of ether oxygens (including phenoxy) is 1. The molecule has 35 heavy (non-hydrogen) atoms. The van der Waals surface area contributed by atoms with E-state index in [2.05, 4.69) is 42.1 Å². The lowest BCUT2D eigenvalue weighted by atomic mass is 10.1. The highest BCUT2D eigenvalue weighted by atomic mass is 79.9. The van der Waals surface area contributed by atoms with Gasteiger partial charge in [0, 0.05) is 47.2 Å². The molecule has 0 spiro atoms. The van der Waals surface area contributed by atoms with Crippen molar-refractivity contribution in [1.82, 2.24) is 10.2 Å². The molecule has 0 radical (unpaired) electrons. The highest BCUT2D eigenvalue weighted by Crippen LogP contribution is 2.29. The number of rotatable bonds is 6. The van der Waals surface area contributed by atoms with Gasteiger partial charge in [-0.05, 0) is 76.9 Å². The Kier molecular flexibility index (Phi) is 8.07. The average molecular weight is 605 g/mol. The minimum atomic E-state index is -0.691. The summed E-state index contributed by atoms with van der Waals surface area (Å²) < 4.78 is 21.8. The molecular weight excluding hydrogens is 581 g/mol. The van der Waals surface area contributed by atoms with E-state index in [4.69, 9.17) is 4.74 Å². The lowest BCUT2D eigenvalue weighted by Crippen LogP contribution is -2.46. The van der Waals surface area contributed by atoms with Crippen molar-refractivity contribution in [2.24, 2.45) is 0 Å². The first kappa shape index (κ1) is 25.2. The van der Waals surface area contributed by atoms with Crippen molar-refractivity contribution in [2.75, 3.05) is 25.0 Å². The Balaban J connectivity index is 1.37. The van der Waals surface area contributed by atoms with Gasteiger partial charge < -0.3 is 19.9 Å². The molecule has 1 unspecified atom stereocenters.